The van der Waals surface area contributed by atoms with Crippen molar-refractivity contribution in [2.24, 2.45) is 0 Å². The van der Waals surface area contributed by atoms with Crippen LogP contribution in [0.4, 0.5) is 0 Å². The number of thioether (sulfide) groups is 1. The van der Waals surface area contributed by atoms with Crippen LogP contribution >= 0.6 is 54.5 Å². The minimum absolute atomic E-state index is 0.744. The van der Waals surface area contributed by atoms with Crippen molar-refractivity contribution < 1.29 is 28.9 Å². The number of halogens is 4. The van der Waals surface area contributed by atoms with Crippen LogP contribution in [0.15, 0.2) is 136 Å². The van der Waals surface area contributed by atoms with Crippen LogP contribution in [0.1, 0.15) is 12.0 Å². The predicted octanol–water partition coefficient (Wildman–Crippen LogP) is 4.31. The van der Waals surface area contributed by atoms with Crippen molar-refractivity contribution in [2.75, 3.05) is 0 Å². The Morgan fingerprint density at radius 1 is 0.634 bits per heavy atom. The fraction of sp³-hybridized carbons (Fsp3) is 0.0323. The largest absolute Gasteiger partial charge is 0.222 e. The standard InChI is InChI=1S/C31H22Cl3PS.ClHO4/c32-24-7-11-26(12-8-24)35(27-13-9-25(33)10-14-27)28-15-17-29(18-16-28)36-31-19-6-23(21-30(31)34)20-22-4-2-1-3-5-22;2-1(3,4)5/h1-20H,21H2;(H,2,3,4,5). The topological polar surface area (TPSA) is 92.2 Å². The highest BCUT2D eigenvalue weighted by Crippen LogP contribution is 2.39. The molecule has 0 radical (unpaired) electrons. The molecule has 0 saturated heterocycles. The SMILES string of the molecule is ClC1=C(Sc2ccc([PH+](c3ccc(Cl)cc3)c3ccc(Cl)cc3)cc2)C=CC(=Cc2ccccc2)C1.[O-][Cl+3]([O-])([O-])[O-]. The molecule has 0 heterocycles. The Bertz CT molecular complexity index is 1480. The van der Waals surface area contributed by atoms with Gasteiger partial charge in [-0.05, 0) is 90.0 Å². The van der Waals surface area contributed by atoms with Crippen molar-refractivity contribution in [3.8, 4) is 0 Å². The molecule has 0 amide bonds. The van der Waals surface area contributed by atoms with Crippen LogP contribution in [-0.4, -0.2) is 0 Å². The monoisotopic (exact) mass is 662 g/mol. The van der Waals surface area contributed by atoms with E-state index in [4.69, 9.17) is 53.4 Å². The summed E-state index contributed by atoms with van der Waals surface area (Å²) in [6.45, 7) is 0. The lowest BCUT2D eigenvalue weighted by Crippen LogP contribution is -2.68. The average Bonchev–Trinajstić information content (AvgIpc) is 2.93. The summed E-state index contributed by atoms with van der Waals surface area (Å²) in [7, 11) is -6.14. The second kappa shape index (κ2) is 14.9. The predicted molar refractivity (Wildman–Crippen MR) is 163 cm³/mol. The van der Waals surface area contributed by atoms with E-state index in [1.54, 1.807) is 11.8 Å². The van der Waals surface area contributed by atoms with Gasteiger partial charge in [0.05, 0.1) is 7.92 Å². The molecule has 0 fully saturated rings. The maximum atomic E-state index is 8.49. The van der Waals surface area contributed by atoms with Gasteiger partial charge >= 0.3 is 0 Å². The van der Waals surface area contributed by atoms with Crippen LogP contribution in [0.3, 0.4) is 0 Å². The molecule has 0 atom stereocenters. The Morgan fingerprint density at radius 3 is 1.56 bits per heavy atom. The first kappa shape index (κ1) is 31.8. The van der Waals surface area contributed by atoms with Crippen LogP contribution < -0.4 is 34.5 Å². The quantitative estimate of drug-likeness (QED) is 0.287. The summed E-state index contributed by atoms with van der Waals surface area (Å²) in [4.78, 5) is 2.26. The van der Waals surface area contributed by atoms with Crippen molar-refractivity contribution in [3.63, 3.8) is 0 Å². The number of hydrogen-bond acceptors (Lipinski definition) is 5. The fourth-order valence-corrected chi connectivity index (χ4v) is 8.03. The molecule has 0 aliphatic heterocycles. The van der Waals surface area contributed by atoms with E-state index in [9.17, 15) is 0 Å². The average molecular weight is 664 g/mol. The van der Waals surface area contributed by atoms with Crippen molar-refractivity contribution in [1.29, 1.82) is 0 Å². The molecule has 4 nitrogen and oxygen atoms in total. The van der Waals surface area contributed by atoms with Gasteiger partial charge in [-0.2, -0.15) is 0 Å². The van der Waals surface area contributed by atoms with Crippen molar-refractivity contribution in [2.45, 2.75) is 11.3 Å². The summed E-state index contributed by atoms with van der Waals surface area (Å²) in [6.07, 6.45) is 7.22. The van der Waals surface area contributed by atoms with Gasteiger partial charge in [0.2, 0.25) is 0 Å². The second-order valence-corrected chi connectivity index (χ2v) is 14.5. The Hall–Kier alpha value is -2.12. The fourth-order valence-electron chi connectivity index (χ4n) is 4.10. The van der Waals surface area contributed by atoms with E-state index in [0.29, 0.717) is 0 Å². The molecule has 1 aliphatic carbocycles. The molecule has 41 heavy (non-hydrogen) atoms. The zero-order valence-corrected chi connectivity index (χ0v) is 26.1. The Labute approximate surface area is 261 Å². The lowest BCUT2D eigenvalue weighted by molar-refractivity contribution is -2.00. The minimum atomic E-state index is -4.94. The Kier molecular flexibility index (Phi) is 11.5. The third-order valence-corrected chi connectivity index (χ3v) is 10.7. The summed E-state index contributed by atoms with van der Waals surface area (Å²) in [6, 6.07) is 35.6. The molecule has 4 aromatic carbocycles. The van der Waals surface area contributed by atoms with Gasteiger partial charge in [-0.1, -0.05) is 89.0 Å². The molecule has 0 saturated carbocycles. The van der Waals surface area contributed by atoms with Crippen LogP contribution in [0.2, 0.25) is 10.0 Å². The van der Waals surface area contributed by atoms with E-state index < -0.39 is 18.2 Å². The summed E-state index contributed by atoms with van der Waals surface area (Å²) >= 11 is 20.8. The molecular formula is C31H23Cl4O4PS. The summed E-state index contributed by atoms with van der Waals surface area (Å²) < 4.78 is 34.0. The summed E-state index contributed by atoms with van der Waals surface area (Å²) in [5, 5.41) is 6.24. The highest BCUT2D eigenvalue weighted by molar-refractivity contribution is 8.03. The van der Waals surface area contributed by atoms with E-state index in [1.165, 1.54) is 31.9 Å². The van der Waals surface area contributed by atoms with Crippen LogP contribution in [0, 0.1) is 10.2 Å². The molecule has 0 bridgehead atoms. The van der Waals surface area contributed by atoms with E-state index in [-0.39, 0.29) is 0 Å². The molecule has 0 N–H and O–H groups in total. The number of allylic oxidation sites excluding steroid dienone is 4. The zero-order chi connectivity index (χ0) is 29.4. The van der Waals surface area contributed by atoms with Gasteiger partial charge in [0.1, 0.15) is 15.9 Å². The summed E-state index contributed by atoms with van der Waals surface area (Å²) in [5.41, 5.74) is 2.40. The summed E-state index contributed by atoms with van der Waals surface area (Å²) in [5.74, 6) is 0. The maximum Gasteiger partial charge on any atom is 0.102 e. The lowest BCUT2D eigenvalue weighted by atomic mass is 10.0. The van der Waals surface area contributed by atoms with E-state index in [1.807, 2.05) is 42.5 Å². The van der Waals surface area contributed by atoms with Crippen molar-refractivity contribution in [3.05, 3.63) is 146 Å². The van der Waals surface area contributed by atoms with Crippen molar-refractivity contribution in [1.82, 2.24) is 0 Å². The first-order valence-electron chi connectivity index (χ1n) is 12.2. The van der Waals surface area contributed by atoms with Crippen LogP contribution in [-0.2, 0) is 0 Å². The second-order valence-electron chi connectivity index (χ2n) is 8.80. The third kappa shape index (κ3) is 10.3. The van der Waals surface area contributed by atoms with E-state index in [0.717, 1.165) is 26.4 Å². The molecule has 0 spiro atoms. The Morgan fingerprint density at radius 2 is 1.10 bits per heavy atom. The van der Waals surface area contributed by atoms with Gasteiger partial charge in [0.25, 0.3) is 0 Å². The van der Waals surface area contributed by atoms with Gasteiger partial charge < -0.3 is 0 Å². The van der Waals surface area contributed by atoms with Gasteiger partial charge in [-0.15, -0.1) is 10.2 Å². The number of hydrogen-bond donors (Lipinski definition) is 0. The third-order valence-electron chi connectivity index (χ3n) is 5.86. The van der Waals surface area contributed by atoms with Crippen LogP contribution in [0.25, 0.3) is 6.08 Å². The Balaban J connectivity index is 0.000000714. The van der Waals surface area contributed by atoms with Gasteiger partial charge in [0.15, 0.2) is 0 Å². The zero-order valence-electron chi connectivity index (χ0n) is 21.3. The number of benzene rings is 4. The normalized spacial score (nSPS) is 14.3. The van der Waals surface area contributed by atoms with Crippen molar-refractivity contribution >= 4 is 76.5 Å². The molecule has 5 rings (SSSR count). The van der Waals surface area contributed by atoms with E-state index >= 15 is 0 Å². The first-order valence-corrected chi connectivity index (χ1v) is 16.8. The molecule has 10 heteroatoms. The van der Waals surface area contributed by atoms with Gasteiger partial charge in [-0.25, -0.2) is 18.6 Å². The molecule has 0 unspecified atom stereocenters. The van der Waals surface area contributed by atoms with Crippen LogP contribution in [0.5, 0.6) is 0 Å². The van der Waals surface area contributed by atoms with Gasteiger partial charge in [-0.3, -0.25) is 0 Å². The maximum absolute atomic E-state index is 8.49. The smallest absolute Gasteiger partial charge is 0.102 e. The molecule has 4 aromatic rings. The molecule has 210 valence electrons. The minimum Gasteiger partial charge on any atom is -0.222 e. The molecule has 1 aliphatic rings. The van der Waals surface area contributed by atoms with Gasteiger partial charge in [0, 0.05) is 31.3 Å². The number of rotatable bonds is 6. The van der Waals surface area contributed by atoms with E-state index in [2.05, 4.69) is 78.9 Å². The first-order chi connectivity index (χ1) is 19.5. The highest BCUT2D eigenvalue weighted by atomic mass is 35.7. The molecular weight excluding hydrogens is 641 g/mol. The highest BCUT2D eigenvalue weighted by Gasteiger charge is 2.25. The lowest BCUT2D eigenvalue weighted by Gasteiger charge is -2.17. The molecule has 0 aromatic heterocycles.